The Kier molecular flexibility index (Phi) is 4.88. The van der Waals surface area contributed by atoms with E-state index in [-0.39, 0.29) is 0 Å². The Labute approximate surface area is 122 Å². The summed E-state index contributed by atoms with van der Waals surface area (Å²) < 4.78 is 0. The summed E-state index contributed by atoms with van der Waals surface area (Å²) in [6.45, 7) is 8.83. The molecule has 1 aromatic rings. The zero-order valence-electron chi connectivity index (χ0n) is 12.3. The summed E-state index contributed by atoms with van der Waals surface area (Å²) in [5.74, 6) is 0. The lowest BCUT2D eigenvalue weighted by molar-refractivity contribution is 0.137. The molecule has 0 unspecified atom stereocenters. The normalized spacial score (nSPS) is 19.6. The van der Waals surface area contributed by atoms with E-state index < -0.39 is 0 Å². The third kappa shape index (κ3) is 4.20. The minimum absolute atomic E-state index is 0.434. The first-order valence-electron chi connectivity index (χ1n) is 7.13. The van der Waals surface area contributed by atoms with Crippen LogP contribution in [0.15, 0.2) is 18.2 Å². The van der Waals surface area contributed by atoms with E-state index in [2.05, 4.69) is 43.2 Å². The standard InChI is InChI=1S/C16H25ClN2/c1-13-4-5-14(15(17)10-13)11-18-12-16(2)6-8-19(3)9-7-16/h4-5,10,18H,6-9,11-12H2,1-3H3. The van der Waals surface area contributed by atoms with Gasteiger partial charge in [-0.15, -0.1) is 0 Å². The fraction of sp³-hybridized carbons (Fsp3) is 0.625. The molecule has 1 aliphatic rings. The molecule has 19 heavy (non-hydrogen) atoms. The summed E-state index contributed by atoms with van der Waals surface area (Å²) in [5, 5.41) is 4.46. The van der Waals surface area contributed by atoms with Crippen molar-refractivity contribution < 1.29 is 0 Å². The number of likely N-dealkylation sites (tertiary alicyclic amines) is 1. The summed E-state index contributed by atoms with van der Waals surface area (Å²) in [4.78, 5) is 2.42. The fourth-order valence-corrected chi connectivity index (χ4v) is 2.93. The van der Waals surface area contributed by atoms with Gasteiger partial charge in [-0.2, -0.15) is 0 Å². The summed E-state index contributed by atoms with van der Waals surface area (Å²) in [5.41, 5.74) is 2.85. The molecule has 1 aromatic carbocycles. The van der Waals surface area contributed by atoms with Crippen molar-refractivity contribution in [2.75, 3.05) is 26.7 Å². The highest BCUT2D eigenvalue weighted by molar-refractivity contribution is 6.31. The summed E-state index contributed by atoms with van der Waals surface area (Å²) in [6.07, 6.45) is 2.55. The highest BCUT2D eigenvalue weighted by Crippen LogP contribution is 2.29. The molecule has 1 fully saturated rings. The van der Waals surface area contributed by atoms with Crippen LogP contribution < -0.4 is 5.32 Å². The maximum absolute atomic E-state index is 6.26. The molecule has 0 aromatic heterocycles. The van der Waals surface area contributed by atoms with Gasteiger partial charge in [-0.05, 0) is 62.5 Å². The van der Waals surface area contributed by atoms with Crippen molar-refractivity contribution in [2.45, 2.75) is 33.2 Å². The Bertz CT molecular complexity index is 423. The van der Waals surface area contributed by atoms with Gasteiger partial charge >= 0.3 is 0 Å². The Morgan fingerprint density at radius 1 is 1.32 bits per heavy atom. The van der Waals surface area contributed by atoms with Crippen molar-refractivity contribution in [3.63, 3.8) is 0 Å². The monoisotopic (exact) mass is 280 g/mol. The van der Waals surface area contributed by atoms with Crippen LogP contribution >= 0.6 is 11.6 Å². The average molecular weight is 281 g/mol. The van der Waals surface area contributed by atoms with Crippen LogP contribution in [-0.2, 0) is 6.54 Å². The maximum Gasteiger partial charge on any atom is 0.0453 e. The van der Waals surface area contributed by atoms with Crippen molar-refractivity contribution in [1.82, 2.24) is 10.2 Å². The minimum Gasteiger partial charge on any atom is -0.312 e. The van der Waals surface area contributed by atoms with Gasteiger partial charge in [0, 0.05) is 18.1 Å². The molecule has 2 rings (SSSR count). The molecule has 0 saturated carbocycles. The zero-order chi connectivity index (χ0) is 13.9. The van der Waals surface area contributed by atoms with Crippen LogP contribution in [0.5, 0.6) is 0 Å². The number of hydrogen-bond acceptors (Lipinski definition) is 2. The first-order valence-corrected chi connectivity index (χ1v) is 7.51. The molecule has 106 valence electrons. The zero-order valence-corrected chi connectivity index (χ0v) is 13.1. The Morgan fingerprint density at radius 2 is 2.00 bits per heavy atom. The second-order valence-electron chi connectivity index (χ2n) is 6.31. The molecule has 0 amide bonds. The smallest absolute Gasteiger partial charge is 0.0453 e. The van der Waals surface area contributed by atoms with E-state index >= 15 is 0 Å². The van der Waals surface area contributed by atoms with E-state index in [0.29, 0.717) is 5.41 Å². The van der Waals surface area contributed by atoms with Gasteiger partial charge in [-0.1, -0.05) is 30.7 Å². The second kappa shape index (κ2) is 6.25. The number of benzene rings is 1. The van der Waals surface area contributed by atoms with Gasteiger partial charge in [0.2, 0.25) is 0 Å². The summed E-state index contributed by atoms with van der Waals surface area (Å²) >= 11 is 6.26. The Hall–Kier alpha value is -0.570. The summed E-state index contributed by atoms with van der Waals surface area (Å²) in [6, 6.07) is 6.29. The number of halogens is 1. The number of nitrogens with zero attached hydrogens (tertiary/aromatic N) is 1. The molecule has 1 N–H and O–H groups in total. The number of aryl methyl sites for hydroxylation is 1. The third-order valence-electron chi connectivity index (χ3n) is 4.27. The summed E-state index contributed by atoms with van der Waals surface area (Å²) in [7, 11) is 2.21. The van der Waals surface area contributed by atoms with Gasteiger partial charge < -0.3 is 10.2 Å². The van der Waals surface area contributed by atoms with E-state index in [9.17, 15) is 0 Å². The first kappa shape index (κ1) is 14.8. The average Bonchev–Trinajstić information content (AvgIpc) is 2.36. The molecule has 1 aliphatic heterocycles. The third-order valence-corrected chi connectivity index (χ3v) is 4.62. The van der Waals surface area contributed by atoms with Crippen LogP contribution in [0.25, 0.3) is 0 Å². The van der Waals surface area contributed by atoms with Crippen LogP contribution in [0.3, 0.4) is 0 Å². The van der Waals surface area contributed by atoms with E-state index in [1.165, 1.54) is 37.1 Å². The molecule has 0 aliphatic carbocycles. The molecule has 0 bridgehead atoms. The van der Waals surface area contributed by atoms with Crippen LogP contribution in [-0.4, -0.2) is 31.6 Å². The van der Waals surface area contributed by atoms with E-state index in [4.69, 9.17) is 11.6 Å². The van der Waals surface area contributed by atoms with Crippen molar-refractivity contribution >= 4 is 11.6 Å². The van der Waals surface area contributed by atoms with E-state index in [0.717, 1.165) is 18.1 Å². The van der Waals surface area contributed by atoms with Crippen LogP contribution in [0.4, 0.5) is 0 Å². The van der Waals surface area contributed by atoms with Crippen molar-refractivity contribution in [1.29, 1.82) is 0 Å². The lowest BCUT2D eigenvalue weighted by Gasteiger charge is -2.38. The highest BCUT2D eigenvalue weighted by atomic mass is 35.5. The second-order valence-corrected chi connectivity index (χ2v) is 6.72. The molecule has 0 atom stereocenters. The largest absolute Gasteiger partial charge is 0.312 e. The maximum atomic E-state index is 6.26. The van der Waals surface area contributed by atoms with Gasteiger partial charge in [-0.25, -0.2) is 0 Å². The first-order chi connectivity index (χ1) is 8.98. The van der Waals surface area contributed by atoms with Gasteiger partial charge in [-0.3, -0.25) is 0 Å². The fourth-order valence-electron chi connectivity index (χ4n) is 2.63. The predicted octanol–water partition coefficient (Wildman–Crippen LogP) is 3.47. The highest BCUT2D eigenvalue weighted by Gasteiger charge is 2.28. The van der Waals surface area contributed by atoms with Crippen molar-refractivity contribution in [3.05, 3.63) is 34.3 Å². The van der Waals surface area contributed by atoms with E-state index in [1.54, 1.807) is 0 Å². The lowest BCUT2D eigenvalue weighted by atomic mass is 9.80. The van der Waals surface area contributed by atoms with Gasteiger partial charge in [0.1, 0.15) is 0 Å². The van der Waals surface area contributed by atoms with Crippen molar-refractivity contribution in [3.8, 4) is 0 Å². The van der Waals surface area contributed by atoms with Crippen LogP contribution in [0.2, 0.25) is 5.02 Å². The SMILES string of the molecule is Cc1ccc(CNCC2(C)CCN(C)CC2)c(Cl)c1. The molecule has 1 saturated heterocycles. The molecular formula is C16H25ClN2. The Morgan fingerprint density at radius 3 is 2.63 bits per heavy atom. The van der Waals surface area contributed by atoms with Gasteiger partial charge in [0.05, 0.1) is 0 Å². The molecule has 1 heterocycles. The topological polar surface area (TPSA) is 15.3 Å². The van der Waals surface area contributed by atoms with Gasteiger partial charge in [0.15, 0.2) is 0 Å². The van der Waals surface area contributed by atoms with Crippen LogP contribution in [0.1, 0.15) is 30.9 Å². The quantitative estimate of drug-likeness (QED) is 0.909. The minimum atomic E-state index is 0.434. The molecule has 3 heteroatoms. The lowest BCUT2D eigenvalue weighted by Crippen LogP contribution is -2.41. The molecular weight excluding hydrogens is 256 g/mol. The number of piperidine rings is 1. The van der Waals surface area contributed by atoms with Crippen LogP contribution in [0, 0.1) is 12.3 Å². The number of hydrogen-bond donors (Lipinski definition) is 1. The Balaban J connectivity index is 1.83. The predicted molar refractivity (Wildman–Crippen MR) is 82.7 cm³/mol. The van der Waals surface area contributed by atoms with E-state index in [1.807, 2.05) is 6.07 Å². The molecule has 0 spiro atoms. The molecule has 2 nitrogen and oxygen atoms in total. The number of rotatable bonds is 4. The van der Waals surface area contributed by atoms with Crippen molar-refractivity contribution in [2.24, 2.45) is 5.41 Å². The molecule has 0 radical (unpaired) electrons. The number of nitrogens with one attached hydrogen (secondary N) is 1. The van der Waals surface area contributed by atoms with Gasteiger partial charge in [0.25, 0.3) is 0 Å².